The van der Waals surface area contributed by atoms with E-state index in [1.807, 2.05) is 31.2 Å². The van der Waals surface area contributed by atoms with Gasteiger partial charge >= 0.3 is 0 Å². The van der Waals surface area contributed by atoms with Crippen LogP contribution in [0.25, 0.3) is 10.9 Å². The molecule has 3 nitrogen and oxygen atoms in total. The van der Waals surface area contributed by atoms with Crippen LogP contribution in [0.4, 0.5) is 0 Å². The Labute approximate surface area is 116 Å². The summed E-state index contributed by atoms with van der Waals surface area (Å²) in [6.07, 6.45) is 1.80. The maximum Gasteiger partial charge on any atom is 0.107 e. The first-order valence-electron chi connectivity index (χ1n) is 6.20. The molecule has 0 bridgehead atoms. The highest BCUT2D eigenvalue weighted by molar-refractivity contribution is 7.99. The molecular formula is C15H15N3S. The quantitative estimate of drug-likeness (QED) is 0.761. The minimum atomic E-state index is -0.0134. The molecule has 2 aromatic heterocycles. The van der Waals surface area contributed by atoms with Crippen molar-refractivity contribution in [1.29, 1.82) is 0 Å². The Morgan fingerprint density at radius 1 is 1.21 bits per heavy atom. The van der Waals surface area contributed by atoms with Gasteiger partial charge in [-0.3, -0.25) is 0 Å². The lowest BCUT2D eigenvalue weighted by Gasteiger charge is -2.09. The summed E-state index contributed by atoms with van der Waals surface area (Å²) >= 11 is 1.62. The zero-order valence-electron chi connectivity index (χ0n) is 10.6. The second-order valence-electron chi connectivity index (χ2n) is 4.51. The van der Waals surface area contributed by atoms with Crippen LogP contribution in [0.15, 0.2) is 58.7 Å². The summed E-state index contributed by atoms with van der Waals surface area (Å²) in [5, 5.41) is 3.26. The minimum absolute atomic E-state index is 0.0134. The van der Waals surface area contributed by atoms with Gasteiger partial charge in [0.25, 0.3) is 0 Å². The largest absolute Gasteiger partial charge is 0.349 e. The molecule has 0 aliphatic heterocycles. The molecule has 0 saturated carbocycles. The van der Waals surface area contributed by atoms with Crippen molar-refractivity contribution in [2.45, 2.75) is 23.0 Å². The molecule has 1 aromatic carbocycles. The summed E-state index contributed by atoms with van der Waals surface area (Å²) in [5.41, 5.74) is 8.20. The third kappa shape index (κ3) is 2.50. The van der Waals surface area contributed by atoms with Gasteiger partial charge in [0.15, 0.2) is 0 Å². The molecule has 0 aliphatic rings. The van der Waals surface area contributed by atoms with Crippen LogP contribution < -0.4 is 5.73 Å². The number of hydrogen-bond donors (Lipinski definition) is 2. The van der Waals surface area contributed by atoms with Crippen molar-refractivity contribution >= 4 is 22.7 Å². The normalized spacial score (nSPS) is 12.7. The van der Waals surface area contributed by atoms with E-state index in [9.17, 15) is 0 Å². The number of fused-ring (bicyclic) bond motifs is 1. The molecule has 0 aliphatic carbocycles. The standard InChI is InChI=1S/C15H15N3S/c1-10(16)12-6-4-8-17-15(12)19-14-9-11-5-2-3-7-13(11)18-14/h2-10,18H,16H2,1H3/t10-/m0/s1. The predicted molar refractivity (Wildman–Crippen MR) is 79.3 cm³/mol. The number of nitrogens with one attached hydrogen (secondary N) is 1. The molecule has 3 N–H and O–H groups in total. The van der Waals surface area contributed by atoms with E-state index in [4.69, 9.17) is 5.73 Å². The first kappa shape index (κ1) is 12.3. The Bertz CT molecular complexity index is 670. The van der Waals surface area contributed by atoms with Crippen molar-refractivity contribution in [3.05, 3.63) is 54.2 Å². The lowest BCUT2D eigenvalue weighted by molar-refractivity contribution is 0.779. The lowest BCUT2D eigenvalue weighted by atomic mass is 10.2. The van der Waals surface area contributed by atoms with Crippen molar-refractivity contribution in [2.24, 2.45) is 5.73 Å². The molecule has 0 fully saturated rings. The van der Waals surface area contributed by atoms with E-state index in [0.717, 1.165) is 21.1 Å². The van der Waals surface area contributed by atoms with Crippen LogP contribution in [-0.2, 0) is 0 Å². The summed E-state index contributed by atoms with van der Waals surface area (Å²) in [4.78, 5) is 7.82. The third-order valence-electron chi connectivity index (χ3n) is 3.00. The molecule has 3 aromatic rings. The van der Waals surface area contributed by atoms with Crippen LogP contribution >= 0.6 is 11.8 Å². The highest BCUT2D eigenvalue weighted by atomic mass is 32.2. The van der Waals surface area contributed by atoms with Gasteiger partial charge in [0, 0.05) is 28.7 Å². The number of hydrogen-bond acceptors (Lipinski definition) is 3. The maximum absolute atomic E-state index is 5.98. The lowest BCUT2D eigenvalue weighted by Crippen LogP contribution is -2.07. The topological polar surface area (TPSA) is 54.7 Å². The second kappa shape index (κ2) is 5.07. The molecule has 2 heterocycles. The average molecular weight is 269 g/mol. The summed E-state index contributed by atoms with van der Waals surface area (Å²) in [6.45, 7) is 1.98. The number of nitrogens with two attached hydrogens (primary N) is 1. The Kier molecular flexibility index (Phi) is 3.27. The molecule has 96 valence electrons. The van der Waals surface area contributed by atoms with Crippen LogP contribution in [0, 0.1) is 0 Å². The van der Waals surface area contributed by atoms with Crippen molar-refractivity contribution in [2.75, 3.05) is 0 Å². The van der Waals surface area contributed by atoms with Crippen LogP contribution in [0.2, 0.25) is 0 Å². The number of aromatic amines is 1. The number of rotatable bonds is 3. The summed E-state index contributed by atoms with van der Waals surface area (Å²) < 4.78 is 0. The van der Waals surface area contributed by atoms with Gasteiger partial charge in [0.05, 0.1) is 5.03 Å². The molecule has 3 rings (SSSR count). The molecule has 0 spiro atoms. The zero-order chi connectivity index (χ0) is 13.2. The summed E-state index contributed by atoms with van der Waals surface area (Å²) in [6, 6.07) is 14.3. The average Bonchev–Trinajstić information content (AvgIpc) is 2.81. The van der Waals surface area contributed by atoms with Gasteiger partial charge < -0.3 is 10.7 Å². The number of H-pyrrole nitrogens is 1. The number of para-hydroxylation sites is 1. The number of nitrogens with zero attached hydrogens (tertiary/aromatic N) is 1. The molecule has 0 saturated heterocycles. The van der Waals surface area contributed by atoms with Crippen molar-refractivity contribution < 1.29 is 0 Å². The molecule has 19 heavy (non-hydrogen) atoms. The van der Waals surface area contributed by atoms with Crippen LogP contribution in [-0.4, -0.2) is 9.97 Å². The molecule has 4 heteroatoms. The fourth-order valence-corrected chi connectivity index (χ4v) is 3.08. The van der Waals surface area contributed by atoms with E-state index in [0.29, 0.717) is 0 Å². The number of pyridine rings is 1. The van der Waals surface area contributed by atoms with E-state index in [1.54, 1.807) is 18.0 Å². The fourth-order valence-electron chi connectivity index (χ4n) is 2.04. The van der Waals surface area contributed by atoms with E-state index in [1.165, 1.54) is 5.39 Å². The molecular weight excluding hydrogens is 254 g/mol. The highest BCUT2D eigenvalue weighted by Gasteiger charge is 2.10. The van der Waals surface area contributed by atoms with Gasteiger partial charge in [-0.05, 0) is 25.1 Å². The van der Waals surface area contributed by atoms with Gasteiger partial charge in [-0.25, -0.2) is 4.98 Å². The van der Waals surface area contributed by atoms with Crippen molar-refractivity contribution in [3.8, 4) is 0 Å². The maximum atomic E-state index is 5.98. The number of aromatic nitrogens is 2. The second-order valence-corrected chi connectivity index (χ2v) is 5.54. The SMILES string of the molecule is C[C@H](N)c1cccnc1Sc1cc2ccccc2[nH]1. The van der Waals surface area contributed by atoms with E-state index >= 15 is 0 Å². The Balaban J connectivity index is 1.97. The zero-order valence-corrected chi connectivity index (χ0v) is 11.4. The highest BCUT2D eigenvalue weighted by Crippen LogP contribution is 2.32. The first-order chi connectivity index (χ1) is 9.24. The Hall–Kier alpha value is -1.78. The van der Waals surface area contributed by atoms with E-state index in [-0.39, 0.29) is 6.04 Å². The third-order valence-corrected chi connectivity index (χ3v) is 3.98. The van der Waals surface area contributed by atoms with Crippen molar-refractivity contribution in [1.82, 2.24) is 9.97 Å². The van der Waals surface area contributed by atoms with Crippen LogP contribution in [0.5, 0.6) is 0 Å². The monoisotopic (exact) mass is 269 g/mol. The van der Waals surface area contributed by atoms with Gasteiger partial charge in [-0.1, -0.05) is 36.0 Å². The van der Waals surface area contributed by atoms with Crippen molar-refractivity contribution in [3.63, 3.8) is 0 Å². The van der Waals surface area contributed by atoms with Gasteiger partial charge in [0.2, 0.25) is 0 Å². The molecule has 1 atom stereocenters. The molecule has 0 radical (unpaired) electrons. The minimum Gasteiger partial charge on any atom is -0.349 e. The van der Waals surface area contributed by atoms with E-state index < -0.39 is 0 Å². The fraction of sp³-hybridized carbons (Fsp3) is 0.133. The smallest absolute Gasteiger partial charge is 0.107 e. The predicted octanol–water partition coefficient (Wildman–Crippen LogP) is 3.73. The molecule has 0 amide bonds. The summed E-state index contributed by atoms with van der Waals surface area (Å²) in [5.74, 6) is 0. The Morgan fingerprint density at radius 2 is 2.05 bits per heavy atom. The Morgan fingerprint density at radius 3 is 2.84 bits per heavy atom. The van der Waals surface area contributed by atoms with Crippen LogP contribution in [0.3, 0.4) is 0 Å². The van der Waals surface area contributed by atoms with Gasteiger partial charge in [-0.15, -0.1) is 0 Å². The summed E-state index contributed by atoms with van der Waals surface area (Å²) in [7, 11) is 0. The number of benzene rings is 1. The van der Waals surface area contributed by atoms with Gasteiger partial charge in [-0.2, -0.15) is 0 Å². The first-order valence-corrected chi connectivity index (χ1v) is 7.02. The van der Waals surface area contributed by atoms with Gasteiger partial charge in [0.1, 0.15) is 5.03 Å². The van der Waals surface area contributed by atoms with E-state index in [2.05, 4.69) is 28.2 Å². The molecule has 0 unspecified atom stereocenters. The van der Waals surface area contributed by atoms with Crippen LogP contribution in [0.1, 0.15) is 18.5 Å².